The lowest BCUT2D eigenvalue weighted by molar-refractivity contribution is -0.126. The zero-order valence-corrected chi connectivity index (χ0v) is 13.2. The molecule has 0 aromatic heterocycles. The van der Waals surface area contributed by atoms with Gasteiger partial charge in [-0.15, -0.1) is 0 Å². The second-order valence-electron chi connectivity index (χ2n) is 6.60. The summed E-state index contributed by atoms with van der Waals surface area (Å²) in [4.78, 5) is 14.7. The molecule has 110 valence electrons. The van der Waals surface area contributed by atoms with Crippen molar-refractivity contribution >= 4 is 5.78 Å². The van der Waals surface area contributed by atoms with Crippen LogP contribution in [0, 0.1) is 13.8 Å². The molecule has 1 fully saturated rings. The Morgan fingerprint density at radius 2 is 2.10 bits per heavy atom. The Labute approximate surface area is 121 Å². The number of ketones is 1. The van der Waals surface area contributed by atoms with Gasteiger partial charge in [-0.25, -0.2) is 0 Å². The Kier molecular flexibility index (Phi) is 4.31. The first-order valence-corrected chi connectivity index (χ1v) is 7.27. The van der Waals surface area contributed by atoms with Crippen molar-refractivity contribution in [1.29, 1.82) is 0 Å². The second kappa shape index (κ2) is 5.66. The maximum atomic E-state index is 12.5. The smallest absolute Gasteiger partial charge is 0.177 e. The normalized spacial score (nSPS) is 22.8. The van der Waals surface area contributed by atoms with Crippen molar-refractivity contribution in [1.82, 2.24) is 4.90 Å². The number of hydrogen-bond acceptors (Lipinski definition) is 3. The standard InChI is InChI=1S/C17H25NO2/c1-12-6-7-15(13(2)8-12)16(19)10-18-9-14(3)20-17(4,5)11-18/h6-8,14H,9-11H2,1-5H3. The van der Waals surface area contributed by atoms with E-state index < -0.39 is 0 Å². The van der Waals surface area contributed by atoms with E-state index in [2.05, 4.69) is 31.7 Å². The van der Waals surface area contributed by atoms with Crippen LogP contribution in [-0.2, 0) is 4.74 Å². The zero-order valence-electron chi connectivity index (χ0n) is 13.2. The van der Waals surface area contributed by atoms with E-state index >= 15 is 0 Å². The molecule has 0 bridgehead atoms. The van der Waals surface area contributed by atoms with Crippen molar-refractivity contribution < 1.29 is 9.53 Å². The molecule has 1 aromatic rings. The Hall–Kier alpha value is -1.19. The fraction of sp³-hybridized carbons (Fsp3) is 0.588. The topological polar surface area (TPSA) is 29.5 Å². The Balaban J connectivity index is 2.07. The van der Waals surface area contributed by atoms with Crippen LogP contribution >= 0.6 is 0 Å². The monoisotopic (exact) mass is 275 g/mol. The molecular weight excluding hydrogens is 250 g/mol. The van der Waals surface area contributed by atoms with Gasteiger partial charge in [0.05, 0.1) is 18.2 Å². The lowest BCUT2D eigenvalue weighted by Gasteiger charge is -2.41. The van der Waals surface area contributed by atoms with Crippen molar-refractivity contribution in [3.05, 3.63) is 34.9 Å². The first-order valence-electron chi connectivity index (χ1n) is 7.27. The van der Waals surface area contributed by atoms with Gasteiger partial charge in [-0.05, 0) is 40.2 Å². The third-order valence-electron chi connectivity index (χ3n) is 3.69. The van der Waals surface area contributed by atoms with Gasteiger partial charge in [-0.1, -0.05) is 23.8 Å². The largest absolute Gasteiger partial charge is 0.370 e. The van der Waals surface area contributed by atoms with Crippen molar-refractivity contribution in [2.45, 2.75) is 46.3 Å². The highest BCUT2D eigenvalue weighted by Gasteiger charge is 2.32. The number of carbonyl (C=O) groups is 1. The minimum absolute atomic E-state index is 0.172. The Bertz CT molecular complexity index is 508. The van der Waals surface area contributed by atoms with Crippen LogP contribution in [0.25, 0.3) is 0 Å². The third kappa shape index (κ3) is 3.68. The average molecular weight is 275 g/mol. The minimum atomic E-state index is -0.180. The molecule has 2 rings (SSSR count). The molecule has 1 aliphatic rings. The SMILES string of the molecule is Cc1ccc(C(=O)CN2CC(C)OC(C)(C)C2)c(C)c1. The van der Waals surface area contributed by atoms with Gasteiger partial charge < -0.3 is 4.74 Å². The number of rotatable bonds is 3. The molecule has 0 aliphatic carbocycles. The van der Waals surface area contributed by atoms with E-state index in [1.54, 1.807) is 0 Å². The lowest BCUT2D eigenvalue weighted by Crippen LogP contribution is -2.53. The maximum Gasteiger partial charge on any atom is 0.177 e. The van der Waals surface area contributed by atoms with Crippen LogP contribution < -0.4 is 0 Å². The molecule has 0 N–H and O–H groups in total. The highest BCUT2D eigenvalue weighted by atomic mass is 16.5. The van der Waals surface area contributed by atoms with Crippen molar-refractivity contribution in [2.24, 2.45) is 0 Å². The molecule has 3 nitrogen and oxygen atoms in total. The summed E-state index contributed by atoms with van der Waals surface area (Å²) in [7, 11) is 0. The summed E-state index contributed by atoms with van der Waals surface area (Å²) in [6, 6.07) is 6.02. The first kappa shape index (κ1) is 15.2. The van der Waals surface area contributed by atoms with Gasteiger partial charge in [0.15, 0.2) is 5.78 Å². The number of Topliss-reactive ketones (excluding diaryl/α,β-unsaturated/α-hetero) is 1. The molecule has 1 heterocycles. The van der Waals surface area contributed by atoms with E-state index in [1.807, 2.05) is 26.0 Å². The summed E-state index contributed by atoms with van der Waals surface area (Å²) < 4.78 is 5.88. The van der Waals surface area contributed by atoms with Crippen molar-refractivity contribution in [2.75, 3.05) is 19.6 Å². The number of nitrogens with zero attached hydrogens (tertiary/aromatic N) is 1. The fourth-order valence-corrected chi connectivity index (χ4v) is 3.12. The van der Waals surface area contributed by atoms with E-state index in [0.29, 0.717) is 6.54 Å². The zero-order chi connectivity index (χ0) is 14.9. The molecule has 1 saturated heterocycles. The molecule has 0 radical (unpaired) electrons. The molecular formula is C17H25NO2. The number of benzene rings is 1. The van der Waals surface area contributed by atoms with E-state index in [0.717, 1.165) is 24.2 Å². The molecule has 1 aromatic carbocycles. The van der Waals surface area contributed by atoms with Crippen LogP contribution in [0.3, 0.4) is 0 Å². The van der Waals surface area contributed by atoms with E-state index in [1.165, 1.54) is 5.56 Å². The number of hydrogen-bond donors (Lipinski definition) is 0. The minimum Gasteiger partial charge on any atom is -0.370 e. The van der Waals surface area contributed by atoms with Gasteiger partial charge in [0.1, 0.15) is 0 Å². The van der Waals surface area contributed by atoms with Gasteiger partial charge in [-0.3, -0.25) is 9.69 Å². The third-order valence-corrected chi connectivity index (χ3v) is 3.69. The highest BCUT2D eigenvalue weighted by molar-refractivity contribution is 5.99. The molecule has 1 unspecified atom stereocenters. The predicted octanol–water partition coefficient (Wildman–Crippen LogP) is 2.99. The summed E-state index contributed by atoms with van der Waals surface area (Å²) >= 11 is 0. The average Bonchev–Trinajstić information content (AvgIpc) is 2.25. The van der Waals surface area contributed by atoms with Crippen LogP contribution in [0.5, 0.6) is 0 Å². The number of ether oxygens (including phenoxy) is 1. The molecule has 0 amide bonds. The summed E-state index contributed by atoms with van der Waals surface area (Å²) in [6.45, 7) is 12.4. The summed E-state index contributed by atoms with van der Waals surface area (Å²) in [6.07, 6.45) is 0.172. The summed E-state index contributed by atoms with van der Waals surface area (Å²) in [5, 5.41) is 0. The van der Waals surface area contributed by atoms with Gasteiger partial charge in [0, 0.05) is 18.7 Å². The quantitative estimate of drug-likeness (QED) is 0.794. The predicted molar refractivity (Wildman–Crippen MR) is 81.3 cm³/mol. The fourth-order valence-electron chi connectivity index (χ4n) is 3.12. The molecule has 0 spiro atoms. The number of carbonyl (C=O) groups excluding carboxylic acids is 1. The van der Waals surface area contributed by atoms with Gasteiger partial charge in [0.2, 0.25) is 0 Å². The number of aryl methyl sites for hydroxylation is 2. The molecule has 20 heavy (non-hydrogen) atoms. The van der Waals surface area contributed by atoms with Gasteiger partial charge in [0.25, 0.3) is 0 Å². The van der Waals surface area contributed by atoms with Crippen LogP contribution in [-0.4, -0.2) is 42.0 Å². The van der Waals surface area contributed by atoms with E-state index in [9.17, 15) is 4.79 Å². The molecule has 1 atom stereocenters. The van der Waals surface area contributed by atoms with Crippen LogP contribution in [0.2, 0.25) is 0 Å². The van der Waals surface area contributed by atoms with Gasteiger partial charge >= 0.3 is 0 Å². The van der Waals surface area contributed by atoms with Crippen LogP contribution in [0.15, 0.2) is 18.2 Å². The number of morpholine rings is 1. The maximum absolute atomic E-state index is 12.5. The van der Waals surface area contributed by atoms with Crippen LogP contribution in [0.4, 0.5) is 0 Å². The van der Waals surface area contributed by atoms with Crippen LogP contribution in [0.1, 0.15) is 42.3 Å². The molecule has 1 aliphatic heterocycles. The highest BCUT2D eigenvalue weighted by Crippen LogP contribution is 2.21. The second-order valence-corrected chi connectivity index (χ2v) is 6.60. The lowest BCUT2D eigenvalue weighted by atomic mass is 10.0. The summed E-state index contributed by atoms with van der Waals surface area (Å²) in [5.74, 6) is 0.201. The van der Waals surface area contributed by atoms with Gasteiger partial charge in [-0.2, -0.15) is 0 Å². The first-order chi connectivity index (χ1) is 9.27. The Morgan fingerprint density at radius 3 is 2.70 bits per heavy atom. The summed E-state index contributed by atoms with van der Waals surface area (Å²) in [5.41, 5.74) is 2.92. The van der Waals surface area contributed by atoms with E-state index in [4.69, 9.17) is 4.74 Å². The molecule has 3 heteroatoms. The van der Waals surface area contributed by atoms with Crippen molar-refractivity contribution in [3.8, 4) is 0 Å². The molecule has 0 saturated carbocycles. The van der Waals surface area contributed by atoms with Crippen molar-refractivity contribution in [3.63, 3.8) is 0 Å². The Morgan fingerprint density at radius 1 is 1.40 bits per heavy atom. The van der Waals surface area contributed by atoms with E-state index in [-0.39, 0.29) is 17.5 Å².